The first-order chi connectivity index (χ1) is 36.2. The average Bonchev–Trinajstić information content (AvgIpc) is 3.80. The molecule has 2 aliphatic rings. The summed E-state index contributed by atoms with van der Waals surface area (Å²) in [7, 11) is 0. The zero-order chi connectivity index (χ0) is 50.0. The van der Waals surface area contributed by atoms with Crippen molar-refractivity contribution in [2.24, 2.45) is 0 Å². The molecule has 0 fully saturated rings. The molecule has 0 unspecified atom stereocenters. The fourth-order valence-corrected chi connectivity index (χ4v) is 11.8. The van der Waals surface area contributed by atoms with Gasteiger partial charge in [0, 0.05) is 45.0 Å². The number of anilines is 6. The fraction of sp³-hybridized carbons (Fsp3) is 0.0833. The highest BCUT2D eigenvalue weighted by Gasteiger charge is 2.37. The summed E-state index contributed by atoms with van der Waals surface area (Å²) >= 11 is 0. The zero-order valence-electron chi connectivity index (χ0n) is 42.3. The second kappa shape index (κ2) is 17.9. The SMILES string of the molecule is CC1(C)c2cc(C=Cc3ccc(C=Cc4ccc5c(c4)C(C)(C)c4cc(N(c6ccccc6)c6ccc7ccccc7c6)ccc4-5)cc3)ccc2-c2ccc(N(c3ccccc3)c3ccc4ccccc4c3)cc21. The summed E-state index contributed by atoms with van der Waals surface area (Å²) in [6, 6.07) is 89.0. The second-order valence-electron chi connectivity index (χ2n) is 21.1. The summed E-state index contributed by atoms with van der Waals surface area (Å²) in [4.78, 5) is 4.77. The molecule has 11 aromatic rings. The lowest BCUT2D eigenvalue weighted by Crippen LogP contribution is -2.16. The maximum absolute atomic E-state index is 2.41. The quantitative estimate of drug-likeness (QED) is 0.126. The molecule has 2 heteroatoms. The van der Waals surface area contributed by atoms with Gasteiger partial charge in [0.2, 0.25) is 0 Å². The van der Waals surface area contributed by atoms with E-state index in [9.17, 15) is 0 Å². The molecule has 0 N–H and O–H groups in total. The van der Waals surface area contributed by atoms with Crippen molar-refractivity contribution in [2.45, 2.75) is 38.5 Å². The van der Waals surface area contributed by atoms with Crippen LogP contribution in [-0.4, -0.2) is 0 Å². The molecular formula is C72H56N2. The summed E-state index contributed by atoms with van der Waals surface area (Å²) in [5.41, 5.74) is 22.0. The predicted molar refractivity (Wildman–Crippen MR) is 317 cm³/mol. The molecule has 0 heterocycles. The first kappa shape index (κ1) is 44.9. The molecule has 13 rings (SSSR count). The van der Waals surface area contributed by atoms with Crippen LogP contribution in [-0.2, 0) is 10.8 Å². The van der Waals surface area contributed by atoms with Gasteiger partial charge in [-0.1, -0.05) is 222 Å². The van der Waals surface area contributed by atoms with Crippen LogP contribution < -0.4 is 9.80 Å². The van der Waals surface area contributed by atoms with Crippen molar-refractivity contribution in [3.05, 3.63) is 287 Å². The van der Waals surface area contributed by atoms with Gasteiger partial charge in [-0.15, -0.1) is 0 Å². The van der Waals surface area contributed by atoms with E-state index in [-0.39, 0.29) is 10.8 Å². The minimum Gasteiger partial charge on any atom is -0.310 e. The van der Waals surface area contributed by atoms with Crippen molar-refractivity contribution in [1.29, 1.82) is 0 Å². The van der Waals surface area contributed by atoms with Crippen LogP contribution in [0.25, 0.3) is 68.1 Å². The molecule has 354 valence electrons. The highest BCUT2D eigenvalue weighted by molar-refractivity contribution is 5.93. The lowest BCUT2D eigenvalue weighted by atomic mass is 9.81. The summed E-state index contributed by atoms with van der Waals surface area (Å²) in [5.74, 6) is 0. The topological polar surface area (TPSA) is 6.48 Å². The van der Waals surface area contributed by atoms with E-state index >= 15 is 0 Å². The Bertz CT molecular complexity index is 3740. The van der Waals surface area contributed by atoms with Gasteiger partial charge in [0.1, 0.15) is 0 Å². The summed E-state index contributed by atoms with van der Waals surface area (Å²) in [6.07, 6.45) is 8.97. The molecule has 0 atom stereocenters. The molecule has 0 saturated carbocycles. The van der Waals surface area contributed by atoms with Crippen molar-refractivity contribution >= 4 is 80.0 Å². The van der Waals surface area contributed by atoms with Gasteiger partial charge >= 0.3 is 0 Å². The molecule has 0 radical (unpaired) electrons. The van der Waals surface area contributed by atoms with Gasteiger partial charge < -0.3 is 9.80 Å². The van der Waals surface area contributed by atoms with Gasteiger partial charge in [0.05, 0.1) is 0 Å². The van der Waals surface area contributed by atoms with E-state index in [1.807, 2.05) is 0 Å². The number of hydrogen-bond acceptors (Lipinski definition) is 2. The van der Waals surface area contributed by atoms with E-state index in [0.29, 0.717) is 0 Å². The van der Waals surface area contributed by atoms with Gasteiger partial charge in [-0.05, 0) is 161 Å². The van der Waals surface area contributed by atoms with Crippen molar-refractivity contribution in [3.8, 4) is 22.3 Å². The fourth-order valence-electron chi connectivity index (χ4n) is 11.8. The largest absolute Gasteiger partial charge is 0.310 e. The molecule has 2 nitrogen and oxygen atoms in total. The van der Waals surface area contributed by atoms with E-state index in [1.54, 1.807) is 0 Å². The molecule has 2 aliphatic carbocycles. The van der Waals surface area contributed by atoms with Crippen LogP contribution in [0.1, 0.15) is 72.2 Å². The van der Waals surface area contributed by atoms with E-state index < -0.39 is 0 Å². The maximum Gasteiger partial charge on any atom is 0.0468 e. The van der Waals surface area contributed by atoms with Crippen molar-refractivity contribution in [3.63, 3.8) is 0 Å². The van der Waals surface area contributed by atoms with Gasteiger partial charge in [-0.2, -0.15) is 0 Å². The predicted octanol–water partition coefficient (Wildman–Crippen LogP) is 19.9. The molecular weight excluding hydrogens is 893 g/mol. The number of hydrogen-bond donors (Lipinski definition) is 0. The van der Waals surface area contributed by atoms with Gasteiger partial charge in [-0.3, -0.25) is 0 Å². The van der Waals surface area contributed by atoms with E-state index in [4.69, 9.17) is 0 Å². The third-order valence-electron chi connectivity index (χ3n) is 15.8. The number of nitrogens with zero attached hydrogens (tertiary/aromatic N) is 2. The van der Waals surface area contributed by atoms with Crippen LogP contribution in [0.4, 0.5) is 34.1 Å². The Hall–Kier alpha value is -8.98. The van der Waals surface area contributed by atoms with Crippen LogP contribution >= 0.6 is 0 Å². The maximum atomic E-state index is 2.41. The zero-order valence-corrected chi connectivity index (χ0v) is 42.3. The second-order valence-corrected chi connectivity index (χ2v) is 21.1. The third kappa shape index (κ3) is 7.91. The number of rotatable bonds is 10. The molecule has 74 heavy (non-hydrogen) atoms. The molecule has 0 aliphatic heterocycles. The Balaban J connectivity index is 0.719. The van der Waals surface area contributed by atoms with Crippen molar-refractivity contribution in [1.82, 2.24) is 0 Å². The number of benzene rings is 11. The Morgan fingerprint density at radius 1 is 0.243 bits per heavy atom. The number of fused-ring (bicyclic) bond motifs is 8. The molecule has 0 bridgehead atoms. The van der Waals surface area contributed by atoms with Gasteiger partial charge in [0.25, 0.3) is 0 Å². The first-order valence-electron chi connectivity index (χ1n) is 25.9. The van der Waals surface area contributed by atoms with Gasteiger partial charge in [0.15, 0.2) is 0 Å². The van der Waals surface area contributed by atoms with E-state index in [1.165, 1.54) is 88.3 Å². The average molecular weight is 949 g/mol. The summed E-state index contributed by atoms with van der Waals surface area (Å²) < 4.78 is 0. The minimum atomic E-state index is -0.171. The molecule has 0 saturated heterocycles. The Morgan fingerprint density at radius 3 is 0.946 bits per heavy atom. The Kier molecular flexibility index (Phi) is 10.9. The monoisotopic (exact) mass is 948 g/mol. The van der Waals surface area contributed by atoms with Crippen molar-refractivity contribution in [2.75, 3.05) is 9.80 Å². The highest BCUT2D eigenvalue weighted by atomic mass is 15.1. The Labute approximate surface area is 435 Å². The van der Waals surface area contributed by atoms with Crippen LogP contribution in [0.3, 0.4) is 0 Å². The standard InChI is InChI=1S/C72H56N2/c1-71(2)67-43-51(31-39-63(67)65-41-37-61(47-69(65)71)73(57-19-7-5-8-20-57)59-35-33-53-15-11-13-17-55(53)45-59)29-27-49-23-25-50(26-24-49)28-30-52-32-40-64-66-42-38-62(48-70(66)72(3,4)68(64)44-52)74(58-21-9-6-10-22-58)60-36-34-54-16-12-14-18-56(54)46-60/h5-48H,1-4H3. The van der Waals surface area contributed by atoms with Gasteiger partial charge in [-0.25, -0.2) is 0 Å². The number of para-hydroxylation sites is 2. The van der Waals surface area contributed by atoms with Crippen LogP contribution in [0.5, 0.6) is 0 Å². The van der Waals surface area contributed by atoms with E-state index in [2.05, 4.69) is 304 Å². The molecule has 0 spiro atoms. The minimum absolute atomic E-state index is 0.171. The highest BCUT2D eigenvalue weighted by Crippen LogP contribution is 2.53. The smallest absolute Gasteiger partial charge is 0.0468 e. The van der Waals surface area contributed by atoms with Crippen LogP contribution in [0.15, 0.2) is 243 Å². The van der Waals surface area contributed by atoms with Crippen LogP contribution in [0.2, 0.25) is 0 Å². The Morgan fingerprint density at radius 2 is 0.541 bits per heavy atom. The summed E-state index contributed by atoms with van der Waals surface area (Å²) in [6.45, 7) is 9.48. The summed E-state index contributed by atoms with van der Waals surface area (Å²) in [5, 5.41) is 4.95. The normalized spacial score (nSPS) is 13.8. The third-order valence-corrected chi connectivity index (χ3v) is 15.8. The molecule has 0 amide bonds. The van der Waals surface area contributed by atoms with E-state index in [0.717, 1.165) is 34.1 Å². The molecule has 0 aromatic heterocycles. The molecule has 11 aromatic carbocycles. The van der Waals surface area contributed by atoms with Crippen molar-refractivity contribution < 1.29 is 0 Å². The van der Waals surface area contributed by atoms with Crippen LogP contribution in [0, 0.1) is 0 Å². The lowest BCUT2D eigenvalue weighted by molar-refractivity contribution is 0.660. The lowest BCUT2D eigenvalue weighted by Gasteiger charge is -2.28. The first-order valence-corrected chi connectivity index (χ1v) is 25.9.